The Kier molecular flexibility index (Phi) is 3.04. The number of phenolic OH excluding ortho intramolecular Hbond substituents is 2. The third kappa shape index (κ3) is 2.30. The van der Waals surface area contributed by atoms with Crippen molar-refractivity contribution in [1.82, 2.24) is 0 Å². The Bertz CT molecular complexity index is 455. The van der Waals surface area contributed by atoms with Gasteiger partial charge in [0.15, 0.2) is 0 Å². The van der Waals surface area contributed by atoms with Gasteiger partial charge in [-0.15, -0.1) is 0 Å². The molecule has 2 N–H and O–H groups in total. The molecule has 0 aliphatic heterocycles. The van der Waals surface area contributed by atoms with E-state index in [0.717, 1.165) is 0 Å². The number of hydrogen-bond donors (Lipinski definition) is 2. The second kappa shape index (κ2) is 4.47. The maximum absolute atomic E-state index is 12.1. The monoisotopic (exact) mass is 282 g/mol. The quantitative estimate of drug-likeness (QED) is 0.794. The molecule has 82 valence electrons. The van der Waals surface area contributed by atoms with Crippen molar-refractivity contribution in [3.8, 4) is 11.5 Å². The van der Waals surface area contributed by atoms with Gasteiger partial charge in [-0.25, -0.2) is 0 Å². The summed E-state index contributed by atoms with van der Waals surface area (Å²) in [5, 5.41) is 18.2. The third-order valence-corrected chi connectivity index (χ3v) is 5.04. The summed E-state index contributed by atoms with van der Waals surface area (Å²) in [6.45, 7) is 0. The summed E-state index contributed by atoms with van der Waals surface area (Å²) < 4.78 is 13.5. The van der Waals surface area contributed by atoms with Crippen LogP contribution in [0.5, 0.6) is 11.5 Å². The Hall–Kier alpha value is -1.64. The minimum absolute atomic E-state index is 0.160. The Labute approximate surface area is 97.1 Å². The molecule has 2 aromatic rings. The second-order valence-corrected chi connectivity index (χ2v) is 6.36. The number of rotatable bonds is 2. The minimum atomic E-state index is -2.29. The van der Waals surface area contributed by atoms with Crippen molar-refractivity contribution in [1.29, 1.82) is 0 Å². The molecule has 0 unspecified atom stereocenters. The van der Waals surface area contributed by atoms with Crippen molar-refractivity contribution >= 4 is 22.8 Å². The first-order chi connectivity index (χ1) is 7.66. The van der Waals surface area contributed by atoms with Crippen LogP contribution in [0.25, 0.3) is 0 Å². The van der Waals surface area contributed by atoms with Crippen LogP contribution in [-0.4, -0.2) is 24.0 Å². The van der Waals surface area contributed by atoms with E-state index in [-0.39, 0.29) is 11.5 Å². The summed E-state index contributed by atoms with van der Waals surface area (Å²) in [6, 6.07) is 12.7. The molecule has 3 nitrogen and oxygen atoms in total. The molecule has 0 bridgehead atoms. The van der Waals surface area contributed by atoms with Crippen molar-refractivity contribution < 1.29 is 14.0 Å². The topological polar surface area (TPSA) is 57.5 Å². The summed E-state index contributed by atoms with van der Waals surface area (Å²) in [4.78, 5) is 0. The van der Waals surface area contributed by atoms with E-state index in [1.54, 1.807) is 24.3 Å². The van der Waals surface area contributed by atoms with E-state index in [1.807, 2.05) is 0 Å². The van der Waals surface area contributed by atoms with Crippen LogP contribution in [-0.2, 0) is 3.83 Å². The molecule has 0 aromatic heterocycles. The molecule has 0 saturated heterocycles. The summed E-state index contributed by atoms with van der Waals surface area (Å²) in [5.74, 6) is 0.321. The number of hydrogen-bond acceptors (Lipinski definition) is 3. The first-order valence-electron chi connectivity index (χ1n) is 4.66. The van der Waals surface area contributed by atoms with Crippen LogP contribution in [0.1, 0.15) is 0 Å². The van der Waals surface area contributed by atoms with Gasteiger partial charge < -0.3 is 0 Å². The van der Waals surface area contributed by atoms with E-state index < -0.39 is 13.8 Å². The molecule has 2 rings (SSSR count). The first-order valence-corrected chi connectivity index (χ1v) is 7.08. The van der Waals surface area contributed by atoms with Crippen LogP contribution >= 0.6 is 0 Å². The van der Waals surface area contributed by atoms with Gasteiger partial charge in [0, 0.05) is 0 Å². The fraction of sp³-hybridized carbons (Fsp3) is 0. The zero-order chi connectivity index (χ0) is 11.5. The van der Waals surface area contributed by atoms with Gasteiger partial charge in [-0.3, -0.25) is 0 Å². The van der Waals surface area contributed by atoms with Gasteiger partial charge in [0.1, 0.15) is 0 Å². The predicted octanol–water partition coefficient (Wildman–Crippen LogP) is 0.634. The molecule has 0 atom stereocenters. The van der Waals surface area contributed by atoms with Gasteiger partial charge in [-0.05, 0) is 0 Å². The molecule has 0 fully saturated rings. The standard InChI is InChI=1S/C12H10O3Se/c13-9-1-5-11(6-2-9)16(15)12-7-3-10(14)4-8-12/h1-8,13-14H. The van der Waals surface area contributed by atoms with Gasteiger partial charge >= 0.3 is 96.8 Å². The molecular weight excluding hydrogens is 271 g/mol. The van der Waals surface area contributed by atoms with Gasteiger partial charge in [0.05, 0.1) is 0 Å². The van der Waals surface area contributed by atoms with Gasteiger partial charge in [-0.2, -0.15) is 0 Å². The van der Waals surface area contributed by atoms with Gasteiger partial charge in [-0.1, -0.05) is 0 Å². The molecule has 0 amide bonds. The van der Waals surface area contributed by atoms with E-state index in [2.05, 4.69) is 0 Å². The normalized spacial score (nSPS) is 10.6. The SMILES string of the molecule is O=[Se](c1ccc(O)cc1)c1ccc(O)cc1. The van der Waals surface area contributed by atoms with Crippen molar-refractivity contribution in [2.45, 2.75) is 0 Å². The van der Waals surface area contributed by atoms with Crippen LogP contribution in [0.2, 0.25) is 0 Å². The van der Waals surface area contributed by atoms with E-state index in [9.17, 15) is 3.83 Å². The van der Waals surface area contributed by atoms with Crippen LogP contribution in [0.15, 0.2) is 48.5 Å². The van der Waals surface area contributed by atoms with Crippen molar-refractivity contribution in [2.24, 2.45) is 0 Å². The first kappa shape index (κ1) is 10.9. The molecule has 0 radical (unpaired) electrons. The van der Waals surface area contributed by atoms with Crippen molar-refractivity contribution in [3.63, 3.8) is 0 Å². The zero-order valence-corrected chi connectivity index (χ0v) is 10.0. The Balaban J connectivity index is 2.32. The molecular formula is C12H10O3Se. The van der Waals surface area contributed by atoms with Crippen molar-refractivity contribution in [3.05, 3.63) is 48.5 Å². The zero-order valence-electron chi connectivity index (χ0n) is 8.33. The van der Waals surface area contributed by atoms with Gasteiger partial charge in [0.25, 0.3) is 0 Å². The molecule has 2 aromatic carbocycles. The van der Waals surface area contributed by atoms with Crippen LogP contribution < -0.4 is 8.92 Å². The molecule has 0 heterocycles. The molecule has 0 saturated carbocycles. The fourth-order valence-electron chi connectivity index (χ4n) is 1.28. The molecule has 0 aliphatic carbocycles. The summed E-state index contributed by atoms with van der Waals surface area (Å²) in [7, 11) is 0. The van der Waals surface area contributed by atoms with E-state index in [4.69, 9.17) is 10.2 Å². The third-order valence-electron chi connectivity index (χ3n) is 2.10. The number of phenols is 2. The van der Waals surface area contributed by atoms with Gasteiger partial charge in [0.2, 0.25) is 0 Å². The molecule has 0 aliphatic rings. The number of aromatic hydroxyl groups is 2. The average molecular weight is 281 g/mol. The van der Waals surface area contributed by atoms with E-state index in [0.29, 0.717) is 8.92 Å². The second-order valence-electron chi connectivity index (χ2n) is 3.26. The van der Waals surface area contributed by atoms with Crippen LogP contribution in [0.4, 0.5) is 0 Å². The maximum atomic E-state index is 12.1. The predicted molar refractivity (Wildman–Crippen MR) is 61.9 cm³/mol. The molecule has 0 spiro atoms. The molecule has 4 heteroatoms. The molecule has 16 heavy (non-hydrogen) atoms. The summed E-state index contributed by atoms with van der Waals surface area (Å²) in [5.41, 5.74) is 0. The Morgan fingerprint density at radius 2 is 1.00 bits per heavy atom. The van der Waals surface area contributed by atoms with Crippen LogP contribution in [0.3, 0.4) is 0 Å². The average Bonchev–Trinajstić information content (AvgIpc) is 2.30. The summed E-state index contributed by atoms with van der Waals surface area (Å²) >= 11 is -2.29. The summed E-state index contributed by atoms with van der Waals surface area (Å²) in [6.07, 6.45) is 0. The van der Waals surface area contributed by atoms with E-state index in [1.165, 1.54) is 24.3 Å². The Morgan fingerprint density at radius 3 is 1.31 bits per heavy atom. The van der Waals surface area contributed by atoms with E-state index >= 15 is 0 Å². The van der Waals surface area contributed by atoms with Crippen molar-refractivity contribution in [2.75, 3.05) is 0 Å². The Morgan fingerprint density at radius 1 is 0.688 bits per heavy atom. The van der Waals surface area contributed by atoms with Crippen LogP contribution in [0, 0.1) is 0 Å². The fourth-order valence-corrected chi connectivity index (χ4v) is 3.45. The number of benzene rings is 2.